The molecule has 33 heavy (non-hydrogen) atoms. The van der Waals surface area contributed by atoms with E-state index in [-0.39, 0.29) is 23.3 Å². The minimum atomic E-state index is -4.65. The number of hydrogen-bond acceptors (Lipinski definition) is 6. The molecular weight excluding hydrogens is 441 g/mol. The van der Waals surface area contributed by atoms with Gasteiger partial charge in [-0.1, -0.05) is 31.7 Å². The van der Waals surface area contributed by atoms with Crippen LogP contribution in [0.1, 0.15) is 25.8 Å². The molecule has 0 aliphatic rings. The third-order valence-electron chi connectivity index (χ3n) is 3.99. The lowest BCUT2D eigenvalue weighted by Crippen LogP contribution is -2.07. The predicted octanol–water partition coefficient (Wildman–Crippen LogP) is 6.14. The molecule has 2 aromatic rings. The molecular formula is C24H21F3O6. The number of benzene rings is 2. The van der Waals surface area contributed by atoms with Crippen molar-refractivity contribution in [2.24, 2.45) is 0 Å². The molecule has 0 aliphatic heterocycles. The Morgan fingerprint density at radius 2 is 1.48 bits per heavy atom. The molecule has 0 saturated heterocycles. The van der Waals surface area contributed by atoms with Gasteiger partial charge in [0.2, 0.25) is 0 Å². The van der Waals surface area contributed by atoms with Gasteiger partial charge in [-0.15, -0.1) is 0 Å². The van der Waals surface area contributed by atoms with Crippen LogP contribution in [0.4, 0.5) is 13.2 Å². The van der Waals surface area contributed by atoms with E-state index in [1.54, 1.807) is 6.92 Å². The Morgan fingerprint density at radius 1 is 0.909 bits per heavy atom. The van der Waals surface area contributed by atoms with Crippen molar-refractivity contribution < 1.29 is 41.7 Å². The van der Waals surface area contributed by atoms with E-state index in [1.165, 1.54) is 43.3 Å². The van der Waals surface area contributed by atoms with Gasteiger partial charge >= 0.3 is 18.1 Å². The molecule has 0 saturated carbocycles. The molecule has 0 radical (unpaired) electrons. The first kappa shape index (κ1) is 25.3. The van der Waals surface area contributed by atoms with E-state index in [0.29, 0.717) is 11.3 Å². The Bertz CT molecular complexity index is 1050. The van der Waals surface area contributed by atoms with Crippen molar-refractivity contribution in [1.82, 2.24) is 0 Å². The lowest BCUT2D eigenvalue weighted by atomic mass is 9.99. The van der Waals surface area contributed by atoms with E-state index in [0.717, 1.165) is 31.1 Å². The summed E-state index contributed by atoms with van der Waals surface area (Å²) in [5, 5.41) is 0. The molecule has 6 nitrogen and oxygen atoms in total. The summed E-state index contributed by atoms with van der Waals surface area (Å²) in [7, 11) is 0. The standard InChI is InChI=1S/C24H21F3O6/c1-4-22(28)32-13-11-30-18-7-5-17(6-8-18)20-10-9-19(15-21(20)24(25,26)27)31-12-14-33-23(29)16(2)3/h5-15H,2,4H2,1,3H3/b13-11-,14-12-. The lowest BCUT2D eigenvalue weighted by Gasteiger charge is -2.15. The van der Waals surface area contributed by atoms with Crippen molar-refractivity contribution in [2.75, 3.05) is 0 Å². The number of carbonyl (C=O) groups excluding carboxylic acids is 2. The summed E-state index contributed by atoms with van der Waals surface area (Å²) < 4.78 is 60.7. The van der Waals surface area contributed by atoms with E-state index in [4.69, 9.17) is 14.2 Å². The summed E-state index contributed by atoms with van der Waals surface area (Å²) in [6.45, 7) is 6.49. The van der Waals surface area contributed by atoms with Crippen LogP contribution in [0.15, 0.2) is 79.7 Å². The number of hydrogen-bond donors (Lipinski definition) is 0. The van der Waals surface area contributed by atoms with Crippen LogP contribution in [-0.2, 0) is 25.2 Å². The lowest BCUT2D eigenvalue weighted by molar-refractivity contribution is -0.138. The zero-order valence-corrected chi connectivity index (χ0v) is 17.8. The third kappa shape index (κ3) is 7.88. The highest BCUT2D eigenvalue weighted by Crippen LogP contribution is 2.39. The second-order valence-corrected chi connectivity index (χ2v) is 6.54. The molecule has 0 aromatic heterocycles. The van der Waals surface area contributed by atoms with Crippen LogP contribution in [0, 0.1) is 0 Å². The first-order valence-corrected chi connectivity index (χ1v) is 9.62. The quantitative estimate of drug-likeness (QED) is 0.253. The molecule has 0 fully saturated rings. The predicted molar refractivity (Wildman–Crippen MR) is 114 cm³/mol. The van der Waals surface area contributed by atoms with Crippen molar-refractivity contribution in [1.29, 1.82) is 0 Å². The first-order chi connectivity index (χ1) is 15.6. The van der Waals surface area contributed by atoms with Gasteiger partial charge in [0.25, 0.3) is 0 Å². The van der Waals surface area contributed by atoms with E-state index in [2.05, 4.69) is 11.3 Å². The van der Waals surface area contributed by atoms with Gasteiger partial charge < -0.3 is 18.9 Å². The van der Waals surface area contributed by atoms with Crippen LogP contribution in [0.2, 0.25) is 0 Å². The molecule has 0 amide bonds. The average molecular weight is 462 g/mol. The van der Waals surface area contributed by atoms with Crippen LogP contribution < -0.4 is 9.47 Å². The van der Waals surface area contributed by atoms with Crippen molar-refractivity contribution in [3.63, 3.8) is 0 Å². The van der Waals surface area contributed by atoms with Crippen molar-refractivity contribution in [2.45, 2.75) is 26.4 Å². The number of ether oxygens (including phenoxy) is 4. The van der Waals surface area contributed by atoms with Crippen molar-refractivity contribution in [3.8, 4) is 22.6 Å². The average Bonchev–Trinajstić information content (AvgIpc) is 2.79. The van der Waals surface area contributed by atoms with Crippen LogP contribution in [0.25, 0.3) is 11.1 Å². The molecule has 9 heteroatoms. The van der Waals surface area contributed by atoms with Crippen LogP contribution in [0.3, 0.4) is 0 Å². The highest BCUT2D eigenvalue weighted by molar-refractivity contribution is 5.87. The fourth-order valence-electron chi connectivity index (χ4n) is 2.39. The zero-order chi connectivity index (χ0) is 24.4. The van der Waals surface area contributed by atoms with Gasteiger partial charge in [0.15, 0.2) is 0 Å². The minimum absolute atomic E-state index is 0.0634. The Hall–Kier alpha value is -4.01. The molecule has 2 rings (SSSR count). The topological polar surface area (TPSA) is 71.1 Å². The van der Waals surface area contributed by atoms with Crippen LogP contribution >= 0.6 is 0 Å². The summed E-state index contributed by atoms with van der Waals surface area (Å²) in [5.74, 6) is -0.877. The van der Waals surface area contributed by atoms with Crippen LogP contribution in [-0.4, -0.2) is 11.9 Å². The van der Waals surface area contributed by atoms with E-state index in [1.807, 2.05) is 0 Å². The second-order valence-electron chi connectivity index (χ2n) is 6.54. The normalized spacial score (nSPS) is 11.4. The van der Waals surface area contributed by atoms with Gasteiger partial charge in [-0.2, -0.15) is 13.2 Å². The monoisotopic (exact) mass is 462 g/mol. The molecule has 0 unspecified atom stereocenters. The maximum absolute atomic E-state index is 13.6. The maximum atomic E-state index is 13.6. The third-order valence-corrected chi connectivity index (χ3v) is 3.99. The Morgan fingerprint density at radius 3 is 2.06 bits per heavy atom. The Labute approximate surface area is 188 Å². The Balaban J connectivity index is 2.15. The second kappa shape index (κ2) is 11.6. The summed E-state index contributed by atoms with van der Waals surface area (Å²) >= 11 is 0. The maximum Gasteiger partial charge on any atom is 0.417 e. The number of carbonyl (C=O) groups is 2. The first-order valence-electron chi connectivity index (χ1n) is 9.62. The number of alkyl halides is 3. The molecule has 0 bridgehead atoms. The molecule has 0 aliphatic carbocycles. The largest absolute Gasteiger partial charge is 0.462 e. The Kier molecular flexibility index (Phi) is 8.85. The zero-order valence-electron chi connectivity index (χ0n) is 17.8. The highest BCUT2D eigenvalue weighted by atomic mass is 19.4. The number of rotatable bonds is 9. The molecule has 0 atom stereocenters. The van der Waals surface area contributed by atoms with Gasteiger partial charge in [0, 0.05) is 12.0 Å². The smallest absolute Gasteiger partial charge is 0.417 e. The van der Waals surface area contributed by atoms with Gasteiger partial charge in [0.1, 0.15) is 36.5 Å². The fourth-order valence-corrected chi connectivity index (χ4v) is 2.39. The molecule has 2 aromatic carbocycles. The molecule has 0 spiro atoms. The van der Waals surface area contributed by atoms with E-state index in [9.17, 15) is 22.8 Å². The van der Waals surface area contributed by atoms with E-state index < -0.39 is 23.7 Å². The van der Waals surface area contributed by atoms with Gasteiger partial charge in [-0.05, 0) is 42.3 Å². The van der Waals surface area contributed by atoms with Crippen molar-refractivity contribution in [3.05, 3.63) is 85.2 Å². The minimum Gasteiger partial charge on any atom is -0.462 e. The highest BCUT2D eigenvalue weighted by Gasteiger charge is 2.34. The summed E-state index contributed by atoms with van der Waals surface area (Å²) in [5.41, 5.74) is -0.511. The summed E-state index contributed by atoms with van der Waals surface area (Å²) in [4.78, 5) is 22.3. The van der Waals surface area contributed by atoms with Gasteiger partial charge in [0.05, 0.1) is 5.56 Å². The van der Waals surface area contributed by atoms with E-state index >= 15 is 0 Å². The summed E-state index contributed by atoms with van der Waals surface area (Å²) in [6.07, 6.45) is -0.345. The van der Waals surface area contributed by atoms with Gasteiger partial charge in [-0.25, -0.2) is 4.79 Å². The molecule has 0 heterocycles. The fraction of sp³-hybridized carbons (Fsp3) is 0.167. The SMILES string of the molecule is C=C(C)C(=O)O/C=C\Oc1ccc(-c2ccc(O/C=C\OC(=O)CC)cc2)c(C(F)(F)F)c1. The summed E-state index contributed by atoms with van der Waals surface area (Å²) in [6, 6.07) is 9.34. The van der Waals surface area contributed by atoms with Gasteiger partial charge in [-0.3, -0.25) is 4.79 Å². The number of halogens is 3. The van der Waals surface area contributed by atoms with Crippen molar-refractivity contribution >= 4 is 11.9 Å². The molecule has 0 N–H and O–H groups in total. The van der Waals surface area contributed by atoms with Crippen LogP contribution in [0.5, 0.6) is 11.5 Å². The number of esters is 2. The molecule has 174 valence electrons.